The summed E-state index contributed by atoms with van der Waals surface area (Å²) < 4.78 is 0. The van der Waals surface area contributed by atoms with Gasteiger partial charge >= 0.3 is 0 Å². The number of aryl methyl sites for hydroxylation is 1. The number of nitrogens with zero attached hydrogens (tertiary/aromatic N) is 2. The van der Waals surface area contributed by atoms with E-state index in [1.54, 1.807) is 6.20 Å². The monoisotopic (exact) mass is 219 g/mol. The Kier molecular flexibility index (Phi) is 3.51. The van der Waals surface area contributed by atoms with Gasteiger partial charge in [0.1, 0.15) is 0 Å². The Morgan fingerprint density at radius 2 is 2.44 bits per heavy atom. The topological polar surface area (TPSA) is 45.2 Å². The van der Waals surface area contributed by atoms with Crippen LogP contribution in [0.5, 0.6) is 0 Å². The number of carbonyl (C=O) groups is 1. The van der Waals surface area contributed by atoms with E-state index in [1.807, 2.05) is 24.0 Å². The summed E-state index contributed by atoms with van der Waals surface area (Å²) in [6.45, 7) is 4.85. The summed E-state index contributed by atoms with van der Waals surface area (Å²) in [5, 5.41) is 3.12. The van der Waals surface area contributed by atoms with Crippen molar-refractivity contribution in [1.29, 1.82) is 0 Å². The molecule has 0 spiro atoms. The zero-order valence-corrected chi connectivity index (χ0v) is 9.57. The van der Waals surface area contributed by atoms with Crippen LogP contribution in [0.4, 0.5) is 0 Å². The van der Waals surface area contributed by atoms with E-state index >= 15 is 0 Å². The summed E-state index contributed by atoms with van der Waals surface area (Å²) in [7, 11) is 0. The molecule has 86 valence electrons. The van der Waals surface area contributed by atoms with Crippen molar-refractivity contribution in [3.05, 3.63) is 29.6 Å². The van der Waals surface area contributed by atoms with Crippen LogP contribution in [0.25, 0.3) is 0 Å². The lowest BCUT2D eigenvalue weighted by Crippen LogP contribution is -2.34. The lowest BCUT2D eigenvalue weighted by molar-refractivity contribution is -0.130. The molecule has 1 aliphatic rings. The fourth-order valence-corrected chi connectivity index (χ4v) is 1.86. The molecule has 0 aromatic carbocycles. The van der Waals surface area contributed by atoms with E-state index < -0.39 is 0 Å². The Morgan fingerprint density at radius 3 is 3.25 bits per heavy atom. The second kappa shape index (κ2) is 5.07. The largest absolute Gasteiger partial charge is 0.336 e. The normalized spacial score (nSPS) is 17.3. The van der Waals surface area contributed by atoms with Crippen LogP contribution in [0, 0.1) is 6.92 Å². The van der Waals surface area contributed by atoms with Gasteiger partial charge in [-0.05, 0) is 31.5 Å². The molecule has 1 aromatic rings. The SMILES string of the molecule is Cc1cccnc1CN1CCCNCC1=O. The molecule has 1 N–H and O–H groups in total. The minimum absolute atomic E-state index is 0.169. The van der Waals surface area contributed by atoms with Gasteiger partial charge in [0.2, 0.25) is 5.91 Å². The number of aromatic nitrogens is 1. The first-order valence-electron chi connectivity index (χ1n) is 5.66. The van der Waals surface area contributed by atoms with E-state index in [-0.39, 0.29) is 5.91 Å². The highest BCUT2D eigenvalue weighted by atomic mass is 16.2. The van der Waals surface area contributed by atoms with Gasteiger partial charge in [0, 0.05) is 12.7 Å². The molecule has 2 rings (SSSR count). The number of rotatable bonds is 2. The third-order valence-electron chi connectivity index (χ3n) is 2.87. The van der Waals surface area contributed by atoms with Crippen molar-refractivity contribution >= 4 is 5.91 Å². The first-order valence-corrected chi connectivity index (χ1v) is 5.66. The van der Waals surface area contributed by atoms with Crippen molar-refractivity contribution in [2.45, 2.75) is 19.9 Å². The van der Waals surface area contributed by atoms with Crippen molar-refractivity contribution in [3.8, 4) is 0 Å². The Morgan fingerprint density at radius 1 is 1.56 bits per heavy atom. The van der Waals surface area contributed by atoms with Crippen molar-refractivity contribution in [2.75, 3.05) is 19.6 Å². The maximum Gasteiger partial charge on any atom is 0.236 e. The van der Waals surface area contributed by atoms with E-state index in [1.165, 1.54) is 0 Å². The number of carbonyl (C=O) groups excluding carboxylic acids is 1. The highest BCUT2D eigenvalue weighted by molar-refractivity contribution is 5.78. The van der Waals surface area contributed by atoms with Crippen LogP contribution < -0.4 is 5.32 Å². The van der Waals surface area contributed by atoms with Gasteiger partial charge in [0.15, 0.2) is 0 Å². The Hall–Kier alpha value is -1.42. The second-order valence-corrected chi connectivity index (χ2v) is 4.11. The molecule has 0 atom stereocenters. The van der Waals surface area contributed by atoms with Gasteiger partial charge in [-0.2, -0.15) is 0 Å². The van der Waals surface area contributed by atoms with Gasteiger partial charge in [0.25, 0.3) is 0 Å². The van der Waals surface area contributed by atoms with Gasteiger partial charge in [-0.15, -0.1) is 0 Å². The summed E-state index contributed by atoms with van der Waals surface area (Å²) in [6.07, 6.45) is 2.79. The molecule has 4 heteroatoms. The molecular formula is C12H17N3O. The summed E-state index contributed by atoms with van der Waals surface area (Å²) in [5.41, 5.74) is 2.14. The fourth-order valence-electron chi connectivity index (χ4n) is 1.86. The number of hydrogen-bond acceptors (Lipinski definition) is 3. The summed E-state index contributed by atoms with van der Waals surface area (Å²) in [4.78, 5) is 18.0. The van der Waals surface area contributed by atoms with Gasteiger partial charge in [-0.1, -0.05) is 6.07 Å². The van der Waals surface area contributed by atoms with Crippen LogP contribution in [-0.4, -0.2) is 35.4 Å². The molecule has 0 unspecified atom stereocenters. The van der Waals surface area contributed by atoms with Crippen LogP contribution in [-0.2, 0) is 11.3 Å². The molecule has 1 fully saturated rings. The second-order valence-electron chi connectivity index (χ2n) is 4.11. The lowest BCUT2D eigenvalue weighted by atomic mass is 10.2. The van der Waals surface area contributed by atoms with E-state index in [4.69, 9.17) is 0 Å². The van der Waals surface area contributed by atoms with Crippen molar-refractivity contribution in [1.82, 2.24) is 15.2 Å². The zero-order chi connectivity index (χ0) is 11.4. The quantitative estimate of drug-likeness (QED) is 0.797. The Bertz CT molecular complexity index is 378. The molecule has 4 nitrogen and oxygen atoms in total. The smallest absolute Gasteiger partial charge is 0.236 e. The minimum Gasteiger partial charge on any atom is -0.336 e. The first-order chi connectivity index (χ1) is 7.77. The predicted molar refractivity (Wildman–Crippen MR) is 61.9 cm³/mol. The Balaban J connectivity index is 2.08. The highest BCUT2D eigenvalue weighted by Crippen LogP contribution is 2.08. The molecule has 1 saturated heterocycles. The number of amides is 1. The van der Waals surface area contributed by atoms with Crippen LogP contribution in [0.2, 0.25) is 0 Å². The highest BCUT2D eigenvalue weighted by Gasteiger charge is 2.17. The van der Waals surface area contributed by atoms with Crippen molar-refractivity contribution in [2.24, 2.45) is 0 Å². The van der Waals surface area contributed by atoms with E-state index in [0.29, 0.717) is 13.1 Å². The average Bonchev–Trinajstić information content (AvgIpc) is 2.48. The van der Waals surface area contributed by atoms with E-state index in [9.17, 15) is 4.79 Å². The molecule has 0 aliphatic carbocycles. The van der Waals surface area contributed by atoms with E-state index in [2.05, 4.69) is 10.3 Å². The lowest BCUT2D eigenvalue weighted by Gasteiger charge is -2.20. The van der Waals surface area contributed by atoms with Gasteiger partial charge in [-0.25, -0.2) is 0 Å². The molecule has 1 amide bonds. The van der Waals surface area contributed by atoms with Crippen LogP contribution >= 0.6 is 0 Å². The molecule has 1 aliphatic heterocycles. The molecule has 0 bridgehead atoms. The maximum absolute atomic E-state index is 11.8. The molecule has 16 heavy (non-hydrogen) atoms. The fraction of sp³-hybridized carbons (Fsp3) is 0.500. The van der Waals surface area contributed by atoms with Crippen LogP contribution in [0.1, 0.15) is 17.7 Å². The molecule has 1 aromatic heterocycles. The number of nitrogens with one attached hydrogen (secondary N) is 1. The van der Waals surface area contributed by atoms with Crippen LogP contribution in [0.3, 0.4) is 0 Å². The molecule has 0 radical (unpaired) electrons. The zero-order valence-electron chi connectivity index (χ0n) is 9.57. The minimum atomic E-state index is 0.169. The van der Waals surface area contributed by atoms with E-state index in [0.717, 1.165) is 30.8 Å². The standard InChI is InChI=1S/C12H17N3O/c1-10-4-2-6-14-11(10)9-15-7-3-5-13-8-12(15)16/h2,4,6,13H,3,5,7-9H2,1H3. The first kappa shape index (κ1) is 11.1. The summed E-state index contributed by atoms with van der Waals surface area (Å²) in [6, 6.07) is 3.95. The maximum atomic E-state index is 11.8. The molecule has 0 saturated carbocycles. The average molecular weight is 219 g/mol. The van der Waals surface area contributed by atoms with Gasteiger partial charge in [-0.3, -0.25) is 9.78 Å². The van der Waals surface area contributed by atoms with Crippen molar-refractivity contribution < 1.29 is 4.79 Å². The number of hydrogen-bond donors (Lipinski definition) is 1. The summed E-state index contributed by atoms with van der Waals surface area (Å²) in [5.74, 6) is 0.169. The number of pyridine rings is 1. The van der Waals surface area contributed by atoms with Crippen LogP contribution in [0.15, 0.2) is 18.3 Å². The summed E-state index contributed by atoms with van der Waals surface area (Å²) >= 11 is 0. The molecule has 2 heterocycles. The van der Waals surface area contributed by atoms with Gasteiger partial charge in [0.05, 0.1) is 18.8 Å². The van der Waals surface area contributed by atoms with Crippen molar-refractivity contribution in [3.63, 3.8) is 0 Å². The Labute approximate surface area is 95.7 Å². The third-order valence-corrected chi connectivity index (χ3v) is 2.87. The molecular weight excluding hydrogens is 202 g/mol. The third kappa shape index (κ3) is 2.58. The van der Waals surface area contributed by atoms with Gasteiger partial charge < -0.3 is 10.2 Å². The predicted octanol–water partition coefficient (Wildman–Crippen LogP) is 0.712.